The SMILES string of the molecule is Nc1ncnc2c1c(-c1ccc(Oc3ccccc3)cc1)nn2[C@@H]1CCCN(C(=O)CCCCCCCCNc2cccc3c2C(=O)N(C2CCC(=O)NC2=O)C3=O)C1. The van der Waals surface area contributed by atoms with E-state index in [1.807, 2.05) is 64.2 Å². The van der Waals surface area contributed by atoms with Crippen LogP contribution in [0.3, 0.4) is 0 Å². The molecule has 0 saturated carbocycles. The monoisotopic (exact) mass is 797 g/mol. The van der Waals surface area contributed by atoms with Crippen molar-refractivity contribution in [3.8, 4) is 22.8 Å². The number of carbonyl (C=O) groups excluding carboxylic acids is 5. The molecule has 0 aliphatic carbocycles. The lowest BCUT2D eigenvalue weighted by Gasteiger charge is -2.33. The van der Waals surface area contributed by atoms with Crippen LogP contribution in [0.25, 0.3) is 22.3 Å². The van der Waals surface area contributed by atoms with Gasteiger partial charge in [-0.1, -0.05) is 49.9 Å². The minimum atomic E-state index is -0.996. The summed E-state index contributed by atoms with van der Waals surface area (Å²) in [5, 5.41) is 11.3. The minimum Gasteiger partial charge on any atom is -0.457 e. The number of nitrogens with two attached hydrogens (primary N) is 1. The van der Waals surface area contributed by atoms with Crippen molar-refractivity contribution in [3.05, 3.63) is 90.3 Å². The van der Waals surface area contributed by atoms with E-state index in [9.17, 15) is 24.0 Å². The molecule has 2 aromatic heterocycles. The third kappa shape index (κ3) is 8.36. The van der Waals surface area contributed by atoms with Crippen molar-refractivity contribution >= 4 is 52.1 Å². The summed E-state index contributed by atoms with van der Waals surface area (Å²) >= 11 is 0. The molecule has 5 amide bonds. The molecule has 15 nitrogen and oxygen atoms in total. The molecule has 2 atom stereocenters. The first-order valence-electron chi connectivity index (χ1n) is 20.4. The van der Waals surface area contributed by atoms with E-state index in [1.165, 1.54) is 6.33 Å². The molecule has 304 valence electrons. The molecule has 1 unspecified atom stereocenters. The summed E-state index contributed by atoms with van der Waals surface area (Å²) in [4.78, 5) is 75.7. The highest BCUT2D eigenvalue weighted by Gasteiger charge is 2.45. The molecule has 2 saturated heterocycles. The van der Waals surface area contributed by atoms with E-state index in [2.05, 4.69) is 20.6 Å². The number of imide groups is 2. The van der Waals surface area contributed by atoms with Gasteiger partial charge in [0.15, 0.2) is 5.65 Å². The second-order valence-corrected chi connectivity index (χ2v) is 15.3. The van der Waals surface area contributed by atoms with Crippen LogP contribution < -0.4 is 21.1 Å². The number of piperidine rings is 2. The average molecular weight is 798 g/mol. The largest absolute Gasteiger partial charge is 0.457 e. The molecular formula is C44H47N9O6. The topological polar surface area (TPSA) is 195 Å². The molecule has 0 radical (unpaired) electrons. The van der Waals surface area contributed by atoms with Crippen molar-refractivity contribution in [2.75, 3.05) is 30.7 Å². The molecule has 0 spiro atoms. The highest BCUT2D eigenvalue weighted by Crippen LogP contribution is 2.36. The number of fused-ring (bicyclic) bond motifs is 2. The first kappa shape index (κ1) is 39.2. The molecule has 3 aliphatic heterocycles. The van der Waals surface area contributed by atoms with E-state index in [4.69, 9.17) is 15.6 Å². The van der Waals surface area contributed by atoms with E-state index in [0.717, 1.165) is 67.6 Å². The van der Waals surface area contributed by atoms with Gasteiger partial charge in [0.2, 0.25) is 17.7 Å². The van der Waals surface area contributed by atoms with Crippen LogP contribution in [-0.2, 0) is 14.4 Å². The molecular weight excluding hydrogens is 751 g/mol. The number of amides is 5. The van der Waals surface area contributed by atoms with Crippen molar-refractivity contribution in [3.63, 3.8) is 0 Å². The number of nitrogen functional groups attached to an aromatic ring is 1. The van der Waals surface area contributed by atoms with Gasteiger partial charge in [-0.25, -0.2) is 14.6 Å². The minimum absolute atomic E-state index is 0.0487. The number of nitrogens with one attached hydrogen (secondary N) is 2. The number of aromatic nitrogens is 4. The Morgan fingerprint density at radius 2 is 1.61 bits per heavy atom. The first-order valence-corrected chi connectivity index (χ1v) is 20.4. The van der Waals surface area contributed by atoms with Gasteiger partial charge in [0.1, 0.15) is 35.4 Å². The summed E-state index contributed by atoms with van der Waals surface area (Å²) in [6.45, 7) is 1.88. The van der Waals surface area contributed by atoms with E-state index < -0.39 is 29.7 Å². The maximum absolute atomic E-state index is 13.4. The first-order chi connectivity index (χ1) is 28.8. The van der Waals surface area contributed by atoms with Crippen LogP contribution in [0.15, 0.2) is 79.1 Å². The summed E-state index contributed by atoms with van der Waals surface area (Å²) in [7, 11) is 0. The van der Waals surface area contributed by atoms with E-state index in [-0.39, 0.29) is 35.9 Å². The van der Waals surface area contributed by atoms with Gasteiger partial charge in [0.05, 0.1) is 22.6 Å². The molecule has 15 heteroatoms. The maximum Gasteiger partial charge on any atom is 0.264 e. The fraction of sp³-hybridized carbons (Fsp3) is 0.364. The Bertz CT molecular complexity index is 2380. The second-order valence-electron chi connectivity index (χ2n) is 15.3. The zero-order chi connectivity index (χ0) is 40.9. The third-order valence-electron chi connectivity index (χ3n) is 11.3. The van der Waals surface area contributed by atoms with Crippen LogP contribution in [-0.4, -0.2) is 84.8 Å². The zero-order valence-electron chi connectivity index (χ0n) is 32.8. The van der Waals surface area contributed by atoms with Crippen molar-refractivity contribution in [2.45, 2.75) is 82.7 Å². The Morgan fingerprint density at radius 1 is 0.847 bits per heavy atom. The number of nitrogens with zero attached hydrogens (tertiary/aromatic N) is 6. The summed E-state index contributed by atoms with van der Waals surface area (Å²) < 4.78 is 7.90. The van der Waals surface area contributed by atoms with Gasteiger partial charge in [0.25, 0.3) is 11.8 Å². The Labute approximate surface area is 341 Å². The lowest BCUT2D eigenvalue weighted by atomic mass is 10.0. The lowest BCUT2D eigenvalue weighted by molar-refractivity contribution is -0.136. The standard InChI is InChI=1S/C44H47N9O6/c45-40-38-39(28-18-20-31(21-19-28)59-30-13-6-5-7-14-30)50-53(41(38)48-27-47-40)29-12-11-25-51(26-29)36(55)17-8-3-1-2-4-9-24-46-33-16-10-15-32-37(33)44(58)52(43(32)57)34-22-23-35(54)49-42(34)56/h5-7,10,13-16,18-21,27,29,34,46H,1-4,8-9,11-12,17,22-26H2,(H2,45,47,48)(H,49,54,56)/t29-,34?/m1/s1. The molecule has 5 aromatic rings. The van der Waals surface area contributed by atoms with Gasteiger partial charge in [-0.3, -0.25) is 34.2 Å². The number of carbonyl (C=O) groups is 5. The van der Waals surface area contributed by atoms with Crippen LogP contribution in [0.1, 0.15) is 97.4 Å². The smallest absolute Gasteiger partial charge is 0.264 e. The molecule has 2 fully saturated rings. The lowest BCUT2D eigenvalue weighted by Crippen LogP contribution is -2.54. The Morgan fingerprint density at radius 3 is 2.41 bits per heavy atom. The number of likely N-dealkylation sites (tertiary alicyclic amines) is 1. The van der Waals surface area contributed by atoms with Gasteiger partial charge >= 0.3 is 0 Å². The van der Waals surface area contributed by atoms with Crippen LogP contribution >= 0.6 is 0 Å². The molecule has 8 rings (SSSR count). The Kier molecular flexibility index (Phi) is 11.6. The highest BCUT2D eigenvalue weighted by atomic mass is 16.5. The van der Waals surface area contributed by atoms with Crippen LogP contribution in [0, 0.1) is 0 Å². The summed E-state index contributed by atoms with van der Waals surface area (Å²) in [5.41, 5.74) is 9.70. The highest BCUT2D eigenvalue weighted by molar-refractivity contribution is 6.25. The predicted octanol–water partition coefficient (Wildman–Crippen LogP) is 6.28. The normalized spacial score (nSPS) is 18.0. The average Bonchev–Trinajstić information content (AvgIpc) is 3.76. The van der Waals surface area contributed by atoms with E-state index in [0.29, 0.717) is 60.0 Å². The molecule has 3 aliphatic rings. The molecule has 4 N–H and O–H groups in total. The third-order valence-corrected chi connectivity index (χ3v) is 11.3. The quantitative estimate of drug-likeness (QED) is 0.0798. The van der Waals surface area contributed by atoms with Crippen LogP contribution in [0.2, 0.25) is 0 Å². The fourth-order valence-electron chi connectivity index (χ4n) is 8.29. The van der Waals surface area contributed by atoms with Crippen molar-refractivity contribution in [2.24, 2.45) is 0 Å². The Hall–Kier alpha value is -6.64. The van der Waals surface area contributed by atoms with Gasteiger partial charge in [-0.2, -0.15) is 5.10 Å². The number of unbranched alkanes of at least 4 members (excludes halogenated alkanes) is 5. The van der Waals surface area contributed by atoms with Crippen LogP contribution in [0.4, 0.5) is 11.5 Å². The number of ether oxygens (including phenoxy) is 1. The zero-order valence-corrected chi connectivity index (χ0v) is 32.8. The number of benzene rings is 3. The predicted molar refractivity (Wildman–Crippen MR) is 220 cm³/mol. The fourth-order valence-corrected chi connectivity index (χ4v) is 8.29. The summed E-state index contributed by atoms with van der Waals surface area (Å²) in [6.07, 6.45) is 9.50. The Balaban J connectivity index is 0.785. The van der Waals surface area contributed by atoms with E-state index >= 15 is 0 Å². The van der Waals surface area contributed by atoms with Gasteiger partial charge < -0.3 is 20.7 Å². The van der Waals surface area contributed by atoms with Crippen LogP contribution in [0.5, 0.6) is 11.5 Å². The van der Waals surface area contributed by atoms with Gasteiger partial charge in [-0.05, 0) is 80.6 Å². The number of hydrogen-bond donors (Lipinski definition) is 3. The summed E-state index contributed by atoms with van der Waals surface area (Å²) in [5.74, 6) is -0.101. The molecule has 5 heterocycles. The van der Waals surface area contributed by atoms with Crippen molar-refractivity contribution < 1.29 is 28.7 Å². The van der Waals surface area contributed by atoms with E-state index in [1.54, 1.807) is 18.2 Å². The summed E-state index contributed by atoms with van der Waals surface area (Å²) in [6, 6.07) is 21.3. The van der Waals surface area contributed by atoms with Crippen molar-refractivity contribution in [1.82, 2.24) is 34.9 Å². The number of rotatable bonds is 15. The molecule has 0 bridgehead atoms. The van der Waals surface area contributed by atoms with Gasteiger partial charge in [0, 0.05) is 43.7 Å². The number of hydrogen-bond acceptors (Lipinski definition) is 11. The molecule has 3 aromatic carbocycles. The number of anilines is 2. The van der Waals surface area contributed by atoms with Gasteiger partial charge in [-0.15, -0.1) is 0 Å². The molecule has 59 heavy (non-hydrogen) atoms. The number of para-hydroxylation sites is 1. The van der Waals surface area contributed by atoms with Crippen molar-refractivity contribution in [1.29, 1.82) is 0 Å². The second kappa shape index (κ2) is 17.5. The maximum atomic E-state index is 13.4.